The Kier molecular flexibility index (Phi) is 3.27. The first-order chi connectivity index (χ1) is 9.18. The van der Waals surface area contributed by atoms with E-state index in [2.05, 4.69) is 4.98 Å². The number of aliphatic hydroxyl groups excluding tert-OH is 1. The number of aliphatic hydroxyl groups is 1. The number of hydrogen-bond donors (Lipinski definition) is 1. The molecule has 2 heterocycles. The standard InChI is InChI=1S/C15H12ClNOS/c1-9-6-8-19-15(9)14(18)11-4-5-12(16)10-3-2-7-17-13(10)11/h2-8,14,18H,1H3. The lowest BCUT2D eigenvalue weighted by Gasteiger charge is -2.13. The lowest BCUT2D eigenvalue weighted by molar-refractivity contribution is 0.225. The first kappa shape index (κ1) is 12.6. The SMILES string of the molecule is Cc1ccsc1C(O)c1ccc(Cl)c2cccnc12. The van der Waals surface area contributed by atoms with Crippen molar-refractivity contribution in [3.63, 3.8) is 0 Å². The van der Waals surface area contributed by atoms with Crippen LogP contribution in [0.3, 0.4) is 0 Å². The van der Waals surface area contributed by atoms with Gasteiger partial charge in [-0.2, -0.15) is 0 Å². The minimum Gasteiger partial charge on any atom is -0.383 e. The van der Waals surface area contributed by atoms with Crippen LogP contribution in [0.2, 0.25) is 5.02 Å². The Morgan fingerprint density at radius 3 is 2.84 bits per heavy atom. The summed E-state index contributed by atoms with van der Waals surface area (Å²) in [6, 6.07) is 9.44. The normalized spacial score (nSPS) is 12.8. The molecule has 1 aromatic carbocycles. The molecule has 0 fully saturated rings. The third-order valence-corrected chi connectivity index (χ3v) is 4.59. The molecular formula is C15H12ClNOS. The summed E-state index contributed by atoms with van der Waals surface area (Å²) in [6.07, 6.45) is 1.06. The molecule has 0 amide bonds. The van der Waals surface area contributed by atoms with Crippen molar-refractivity contribution in [3.05, 3.63) is 62.9 Å². The predicted octanol–water partition coefficient (Wildman–Crippen LogP) is 4.34. The second-order valence-corrected chi connectivity index (χ2v) is 5.76. The van der Waals surface area contributed by atoms with Crippen LogP contribution >= 0.6 is 22.9 Å². The Morgan fingerprint density at radius 2 is 2.11 bits per heavy atom. The number of aryl methyl sites for hydroxylation is 1. The van der Waals surface area contributed by atoms with Crippen molar-refractivity contribution in [1.29, 1.82) is 0 Å². The molecule has 0 spiro atoms. The van der Waals surface area contributed by atoms with Crippen molar-refractivity contribution >= 4 is 33.8 Å². The Bertz CT molecular complexity index is 738. The van der Waals surface area contributed by atoms with E-state index in [4.69, 9.17) is 11.6 Å². The molecule has 4 heteroatoms. The van der Waals surface area contributed by atoms with Gasteiger partial charge in [-0.1, -0.05) is 17.7 Å². The van der Waals surface area contributed by atoms with Crippen molar-refractivity contribution in [3.8, 4) is 0 Å². The van der Waals surface area contributed by atoms with E-state index >= 15 is 0 Å². The molecule has 0 aliphatic carbocycles. The maximum absolute atomic E-state index is 10.6. The third kappa shape index (κ3) is 2.14. The highest BCUT2D eigenvalue weighted by atomic mass is 35.5. The van der Waals surface area contributed by atoms with Gasteiger partial charge in [0, 0.05) is 27.0 Å². The Labute approximate surface area is 120 Å². The summed E-state index contributed by atoms with van der Waals surface area (Å²) in [6.45, 7) is 2.00. The van der Waals surface area contributed by atoms with Crippen molar-refractivity contribution in [1.82, 2.24) is 4.98 Å². The Balaban J connectivity index is 2.21. The van der Waals surface area contributed by atoms with E-state index < -0.39 is 6.10 Å². The maximum atomic E-state index is 10.6. The number of fused-ring (bicyclic) bond motifs is 1. The van der Waals surface area contributed by atoms with Crippen molar-refractivity contribution in [2.75, 3.05) is 0 Å². The Morgan fingerprint density at radius 1 is 1.26 bits per heavy atom. The van der Waals surface area contributed by atoms with Gasteiger partial charge in [0.25, 0.3) is 0 Å². The largest absolute Gasteiger partial charge is 0.383 e. The quantitative estimate of drug-likeness (QED) is 0.761. The fourth-order valence-electron chi connectivity index (χ4n) is 2.19. The molecule has 0 aliphatic heterocycles. The van der Waals surface area contributed by atoms with Crippen molar-refractivity contribution in [2.45, 2.75) is 13.0 Å². The summed E-state index contributed by atoms with van der Waals surface area (Å²) in [5.74, 6) is 0. The number of thiophene rings is 1. The summed E-state index contributed by atoms with van der Waals surface area (Å²) in [5, 5.41) is 14.1. The van der Waals surface area contributed by atoms with Crippen LogP contribution in [0.5, 0.6) is 0 Å². The minimum atomic E-state index is -0.658. The first-order valence-electron chi connectivity index (χ1n) is 5.93. The molecule has 2 nitrogen and oxygen atoms in total. The number of pyridine rings is 1. The number of aromatic nitrogens is 1. The van der Waals surface area contributed by atoms with E-state index in [1.807, 2.05) is 42.6 Å². The van der Waals surface area contributed by atoms with Gasteiger partial charge < -0.3 is 5.11 Å². The van der Waals surface area contributed by atoms with Crippen LogP contribution < -0.4 is 0 Å². The molecule has 0 saturated carbocycles. The molecule has 19 heavy (non-hydrogen) atoms. The Hall–Kier alpha value is -1.42. The van der Waals surface area contributed by atoms with Crippen LogP contribution in [-0.4, -0.2) is 10.1 Å². The van der Waals surface area contributed by atoms with Crippen molar-refractivity contribution in [2.24, 2.45) is 0 Å². The molecule has 1 atom stereocenters. The number of halogens is 1. The van der Waals surface area contributed by atoms with Crippen LogP contribution in [0.15, 0.2) is 41.9 Å². The highest BCUT2D eigenvalue weighted by Gasteiger charge is 2.18. The van der Waals surface area contributed by atoms with Gasteiger partial charge >= 0.3 is 0 Å². The average molecular weight is 290 g/mol. The number of benzene rings is 1. The van der Waals surface area contributed by atoms with Crippen LogP contribution in [0.25, 0.3) is 10.9 Å². The summed E-state index contributed by atoms with van der Waals surface area (Å²) >= 11 is 7.73. The first-order valence-corrected chi connectivity index (χ1v) is 7.19. The molecule has 1 unspecified atom stereocenters. The summed E-state index contributed by atoms with van der Waals surface area (Å²) in [4.78, 5) is 5.32. The lowest BCUT2D eigenvalue weighted by atomic mass is 10.0. The molecule has 1 N–H and O–H groups in total. The van der Waals surface area contributed by atoms with Gasteiger partial charge in [-0.3, -0.25) is 4.98 Å². The fraction of sp³-hybridized carbons (Fsp3) is 0.133. The monoisotopic (exact) mass is 289 g/mol. The molecule has 2 aromatic heterocycles. The van der Waals surface area contributed by atoms with Gasteiger partial charge in [0.15, 0.2) is 0 Å². The van der Waals surface area contributed by atoms with Crippen LogP contribution in [0.4, 0.5) is 0 Å². The molecule has 3 rings (SSSR count). The fourth-order valence-corrected chi connectivity index (χ4v) is 3.33. The zero-order valence-electron chi connectivity index (χ0n) is 10.3. The van der Waals surface area contributed by atoms with Gasteiger partial charge in [-0.25, -0.2) is 0 Å². The topological polar surface area (TPSA) is 33.1 Å². The van der Waals surface area contributed by atoms with Gasteiger partial charge in [-0.05, 0) is 42.1 Å². The third-order valence-electron chi connectivity index (χ3n) is 3.19. The summed E-state index contributed by atoms with van der Waals surface area (Å²) < 4.78 is 0. The van der Waals surface area contributed by atoms with E-state index in [1.165, 1.54) is 0 Å². The highest BCUT2D eigenvalue weighted by molar-refractivity contribution is 7.10. The molecule has 96 valence electrons. The number of hydrogen-bond acceptors (Lipinski definition) is 3. The zero-order chi connectivity index (χ0) is 13.4. The van der Waals surface area contributed by atoms with E-state index in [-0.39, 0.29) is 0 Å². The molecule has 0 radical (unpaired) electrons. The predicted molar refractivity (Wildman–Crippen MR) is 79.9 cm³/mol. The van der Waals surface area contributed by atoms with Gasteiger partial charge in [-0.15, -0.1) is 11.3 Å². The molecule has 0 saturated heterocycles. The molecule has 0 aliphatic rings. The van der Waals surface area contributed by atoms with E-state index in [9.17, 15) is 5.11 Å². The molecule has 3 aromatic rings. The molecular weight excluding hydrogens is 278 g/mol. The second-order valence-electron chi connectivity index (χ2n) is 4.41. The minimum absolute atomic E-state index is 0.655. The number of nitrogens with zero attached hydrogens (tertiary/aromatic N) is 1. The average Bonchev–Trinajstić information content (AvgIpc) is 2.85. The summed E-state index contributed by atoms with van der Waals surface area (Å²) in [5.41, 5.74) is 2.65. The molecule has 0 bridgehead atoms. The van der Waals surface area contributed by atoms with Crippen molar-refractivity contribution < 1.29 is 5.11 Å². The van der Waals surface area contributed by atoms with Gasteiger partial charge in [0.05, 0.1) is 5.52 Å². The maximum Gasteiger partial charge on any atom is 0.116 e. The zero-order valence-corrected chi connectivity index (χ0v) is 11.9. The number of rotatable bonds is 2. The van der Waals surface area contributed by atoms with Crippen LogP contribution in [0, 0.1) is 6.92 Å². The van der Waals surface area contributed by atoms with Crippen LogP contribution in [-0.2, 0) is 0 Å². The van der Waals surface area contributed by atoms with Crippen LogP contribution in [0.1, 0.15) is 22.1 Å². The smallest absolute Gasteiger partial charge is 0.116 e. The van der Waals surface area contributed by atoms with E-state index in [0.29, 0.717) is 5.02 Å². The lowest BCUT2D eigenvalue weighted by Crippen LogP contribution is -2.01. The van der Waals surface area contributed by atoms with Gasteiger partial charge in [0.1, 0.15) is 6.10 Å². The second kappa shape index (κ2) is 4.93. The highest BCUT2D eigenvalue weighted by Crippen LogP contribution is 2.34. The van der Waals surface area contributed by atoms with Gasteiger partial charge in [0.2, 0.25) is 0 Å². The summed E-state index contributed by atoms with van der Waals surface area (Å²) in [7, 11) is 0. The van der Waals surface area contributed by atoms with E-state index in [1.54, 1.807) is 17.5 Å². The van der Waals surface area contributed by atoms with E-state index in [0.717, 1.165) is 26.9 Å².